The van der Waals surface area contributed by atoms with Crippen LogP contribution in [0.3, 0.4) is 0 Å². The second kappa shape index (κ2) is 7.14. The number of anilines is 1. The summed E-state index contributed by atoms with van der Waals surface area (Å²) in [6.07, 6.45) is 2.01. The van der Waals surface area contributed by atoms with E-state index in [1.165, 1.54) is 4.90 Å². The van der Waals surface area contributed by atoms with Gasteiger partial charge in [0.2, 0.25) is 0 Å². The Morgan fingerprint density at radius 2 is 1.80 bits per heavy atom. The van der Waals surface area contributed by atoms with E-state index in [0.717, 1.165) is 5.69 Å². The summed E-state index contributed by atoms with van der Waals surface area (Å²) < 4.78 is 29.1. The van der Waals surface area contributed by atoms with Gasteiger partial charge in [0.25, 0.3) is 0 Å². The molecule has 0 fully saturated rings. The van der Waals surface area contributed by atoms with E-state index < -0.39 is 6.61 Å². The largest absolute Gasteiger partial charge is 0.434 e. The minimum absolute atomic E-state index is 0.204. The second-order valence-corrected chi connectivity index (χ2v) is 4.95. The van der Waals surface area contributed by atoms with E-state index in [-0.39, 0.29) is 5.75 Å². The zero-order valence-corrected chi connectivity index (χ0v) is 11.8. The van der Waals surface area contributed by atoms with Crippen molar-refractivity contribution in [2.45, 2.75) is 18.1 Å². The van der Waals surface area contributed by atoms with E-state index in [0.29, 0.717) is 12.1 Å². The number of para-hydroxylation sites is 1. The van der Waals surface area contributed by atoms with E-state index in [1.54, 1.807) is 36.0 Å². The van der Waals surface area contributed by atoms with Crippen molar-refractivity contribution in [2.24, 2.45) is 0 Å². The number of thioether (sulfide) groups is 1. The smallest absolute Gasteiger partial charge is 0.387 e. The lowest BCUT2D eigenvalue weighted by Gasteiger charge is -2.12. The van der Waals surface area contributed by atoms with Gasteiger partial charge in [-0.05, 0) is 36.6 Å². The summed E-state index contributed by atoms with van der Waals surface area (Å²) in [5.41, 5.74) is 1.64. The van der Waals surface area contributed by atoms with Crippen LogP contribution in [0, 0.1) is 0 Å². The molecule has 0 bridgehead atoms. The van der Waals surface area contributed by atoms with E-state index in [1.807, 2.05) is 30.5 Å². The van der Waals surface area contributed by atoms with Gasteiger partial charge in [0.05, 0.1) is 0 Å². The van der Waals surface area contributed by atoms with Gasteiger partial charge in [-0.3, -0.25) is 0 Å². The summed E-state index contributed by atoms with van der Waals surface area (Å²) in [6, 6.07) is 14.7. The first-order valence-corrected chi connectivity index (χ1v) is 7.32. The highest BCUT2D eigenvalue weighted by molar-refractivity contribution is 7.98. The topological polar surface area (TPSA) is 21.3 Å². The fourth-order valence-corrected chi connectivity index (χ4v) is 2.18. The maximum Gasteiger partial charge on any atom is 0.387 e. The summed E-state index contributed by atoms with van der Waals surface area (Å²) in [5, 5.41) is 3.19. The highest BCUT2D eigenvalue weighted by atomic mass is 32.2. The summed E-state index contributed by atoms with van der Waals surface area (Å²) in [5.74, 6) is 0.204. The van der Waals surface area contributed by atoms with Crippen molar-refractivity contribution in [2.75, 3.05) is 11.6 Å². The first-order valence-electron chi connectivity index (χ1n) is 6.09. The molecule has 106 valence electrons. The average molecular weight is 295 g/mol. The van der Waals surface area contributed by atoms with E-state index in [9.17, 15) is 8.78 Å². The molecule has 2 aromatic rings. The molecule has 2 aromatic carbocycles. The molecule has 0 aromatic heterocycles. The third-order valence-corrected chi connectivity index (χ3v) is 3.51. The predicted molar refractivity (Wildman–Crippen MR) is 78.6 cm³/mol. The van der Waals surface area contributed by atoms with Gasteiger partial charge in [-0.15, -0.1) is 11.8 Å². The van der Waals surface area contributed by atoms with Gasteiger partial charge in [-0.1, -0.05) is 18.2 Å². The molecule has 0 aliphatic rings. The van der Waals surface area contributed by atoms with Crippen LogP contribution in [0.5, 0.6) is 5.75 Å². The maximum absolute atomic E-state index is 12.3. The number of rotatable bonds is 6. The molecule has 0 heterocycles. The van der Waals surface area contributed by atoms with Crippen molar-refractivity contribution >= 4 is 17.4 Å². The fraction of sp³-hybridized carbons (Fsp3) is 0.200. The van der Waals surface area contributed by atoms with Gasteiger partial charge in [0.1, 0.15) is 5.75 Å². The lowest BCUT2D eigenvalue weighted by atomic mass is 10.2. The van der Waals surface area contributed by atoms with Crippen LogP contribution in [-0.4, -0.2) is 12.9 Å². The number of ether oxygens (including phenoxy) is 1. The van der Waals surface area contributed by atoms with Crippen LogP contribution >= 0.6 is 11.8 Å². The molecule has 0 aliphatic heterocycles. The van der Waals surface area contributed by atoms with Crippen molar-refractivity contribution in [1.82, 2.24) is 0 Å². The average Bonchev–Trinajstić information content (AvgIpc) is 2.46. The van der Waals surface area contributed by atoms with Crippen molar-refractivity contribution in [3.63, 3.8) is 0 Å². The molecule has 2 rings (SSSR count). The molecule has 0 amide bonds. The minimum Gasteiger partial charge on any atom is -0.434 e. The monoisotopic (exact) mass is 295 g/mol. The van der Waals surface area contributed by atoms with Crippen molar-refractivity contribution in [3.05, 3.63) is 54.1 Å². The highest BCUT2D eigenvalue weighted by Crippen LogP contribution is 2.22. The summed E-state index contributed by atoms with van der Waals surface area (Å²) in [7, 11) is 0. The molecule has 0 spiro atoms. The fourth-order valence-electron chi connectivity index (χ4n) is 1.77. The van der Waals surface area contributed by atoms with Crippen LogP contribution < -0.4 is 10.1 Å². The zero-order valence-electron chi connectivity index (χ0n) is 11.0. The highest BCUT2D eigenvalue weighted by Gasteiger charge is 2.08. The minimum atomic E-state index is -2.81. The van der Waals surface area contributed by atoms with Crippen molar-refractivity contribution in [3.8, 4) is 5.75 Å². The molecule has 1 N–H and O–H groups in total. The van der Waals surface area contributed by atoms with E-state index in [2.05, 4.69) is 10.1 Å². The van der Waals surface area contributed by atoms with Crippen LogP contribution in [-0.2, 0) is 6.54 Å². The molecule has 0 unspecified atom stereocenters. The zero-order chi connectivity index (χ0) is 14.4. The van der Waals surface area contributed by atoms with Gasteiger partial charge in [-0.25, -0.2) is 0 Å². The van der Waals surface area contributed by atoms with Crippen LogP contribution in [0.15, 0.2) is 53.4 Å². The third kappa shape index (κ3) is 4.13. The van der Waals surface area contributed by atoms with Gasteiger partial charge in [-0.2, -0.15) is 8.78 Å². The van der Waals surface area contributed by atoms with Gasteiger partial charge in [0.15, 0.2) is 0 Å². The Bertz CT molecular complexity index is 546. The number of hydrogen-bond acceptors (Lipinski definition) is 3. The molecular weight excluding hydrogens is 280 g/mol. The molecular formula is C15H15F2NOS. The Morgan fingerprint density at radius 1 is 1.10 bits per heavy atom. The number of hydrogen-bond donors (Lipinski definition) is 1. The van der Waals surface area contributed by atoms with Gasteiger partial charge < -0.3 is 10.1 Å². The Kier molecular flexibility index (Phi) is 5.24. The Balaban J connectivity index is 2.02. The van der Waals surface area contributed by atoms with Crippen LogP contribution in [0.25, 0.3) is 0 Å². The standard InChI is InChI=1S/C15H15F2NOS/c1-20-13-8-6-12(7-9-13)18-10-11-4-2-3-5-14(11)19-15(16)17/h2-9,15,18H,10H2,1H3. The molecule has 0 radical (unpaired) electrons. The maximum atomic E-state index is 12.3. The summed E-state index contributed by atoms with van der Waals surface area (Å²) in [4.78, 5) is 1.18. The van der Waals surface area contributed by atoms with Gasteiger partial charge in [0, 0.05) is 22.7 Å². The molecule has 20 heavy (non-hydrogen) atoms. The number of alkyl halides is 2. The lowest BCUT2D eigenvalue weighted by Crippen LogP contribution is -2.07. The molecule has 5 heteroatoms. The number of nitrogens with one attached hydrogen (secondary N) is 1. The Hall–Kier alpha value is -1.75. The summed E-state index contributed by atoms with van der Waals surface area (Å²) >= 11 is 1.67. The Morgan fingerprint density at radius 3 is 2.45 bits per heavy atom. The number of benzene rings is 2. The van der Waals surface area contributed by atoms with Crippen molar-refractivity contribution < 1.29 is 13.5 Å². The SMILES string of the molecule is CSc1ccc(NCc2ccccc2OC(F)F)cc1. The molecule has 0 atom stereocenters. The lowest BCUT2D eigenvalue weighted by molar-refractivity contribution is -0.0504. The normalized spacial score (nSPS) is 10.6. The van der Waals surface area contributed by atoms with E-state index >= 15 is 0 Å². The van der Waals surface area contributed by atoms with Crippen LogP contribution in [0.2, 0.25) is 0 Å². The molecule has 0 saturated heterocycles. The van der Waals surface area contributed by atoms with Crippen LogP contribution in [0.4, 0.5) is 14.5 Å². The summed E-state index contributed by atoms with van der Waals surface area (Å²) in [6.45, 7) is -2.38. The Labute approximate surface area is 121 Å². The number of halogens is 2. The van der Waals surface area contributed by atoms with Gasteiger partial charge >= 0.3 is 6.61 Å². The van der Waals surface area contributed by atoms with E-state index in [4.69, 9.17) is 0 Å². The predicted octanol–water partition coefficient (Wildman–Crippen LogP) is 4.62. The van der Waals surface area contributed by atoms with Crippen LogP contribution in [0.1, 0.15) is 5.56 Å². The van der Waals surface area contributed by atoms with Crippen molar-refractivity contribution in [1.29, 1.82) is 0 Å². The second-order valence-electron chi connectivity index (χ2n) is 4.07. The molecule has 2 nitrogen and oxygen atoms in total. The molecule has 0 aliphatic carbocycles. The molecule has 0 saturated carbocycles. The quantitative estimate of drug-likeness (QED) is 0.786. The first-order chi connectivity index (χ1) is 9.69. The third-order valence-electron chi connectivity index (χ3n) is 2.76. The first kappa shape index (κ1) is 14.7.